The second-order valence-corrected chi connectivity index (χ2v) is 14.0. The summed E-state index contributed by atoms with van der Waals surface area (Å²) < 4.78 is 18.7. The molecule has 4 aliphatic carbocycles. The molecule has 3 nitrogen and oxygen atoms in total. The molecule has 4 fully saturated rings. The third-order valence-electron chi connectivity index (χ3n) is 11.0. The van der Waals surface area contributed by atoms with Crippen molar-refractivity contribution in [3.63, 3.8) is 0 Å². The van der Waals surface area contributed by atoms with Gasteiger partial charge in [0, 0.05) is 9.84 Å². The second-order valence-electron chi connectivity index (χ2n) is 12.1. The van der Waals surface area contributed by atoms with Gasteiger partial charge in [-0.25, -0.2) is 4.39 Å². The molecule has 31 heavy (non-hydrogen) atoms. The predicted octanol–water partition coefficient (Wildman–Crippen LogP) is 6.49. The van der Waals surface area contributed by atoms with E-state index >= 15 is 0 Å². The Morgan fingerprint density at radius 3 is 2.52 bits per heavy atom. The van der Waals surface area contributed by atoms with Crippen LogP contribution in [0.4, 0.5) is 4.39 Å². The lowest BCUT2D eigenvalue weighted by Gasteiger charge is -2.63. The van der Waals surface area contributed by atoms with E-state index in [1.165, 1.54) is 39.2 Å². The van der Waals surface area contributed by atoms with Gasteiger partial charge in [-0.1, -0.05) is 43.4 Å². The van der Waals surface area contributed by atoms with Crippen molar-refractivity contribution in [3.05, 3.63) is 0 Å². The number of carbonyl (C=O) groups is 1. The summed E-state index contributed by atoms with van der Waals surface area (Å²) in [6.07, 6.45) is 11.2. The molecule has 0 aromatic heterocycles. The zero-order chi connectivity index (χ0) is 22.7. The van der Waals surface area contributed by atoms with E-state index < -0.39 is 12.3 Å². The molecule has 4 rings (SSSR count). The lowest BCUT2D eigenvalue weighted by molar-refractivity contribution is -0.153. The molecule has 0 aromatic rings. The van der Waals surface area contributed by atoms with E-state index in [0.717, 1.165) is 37.0 Å². The summed E-state index contributed by atoms with van der Waals surface area (Å²) in [5, 5.41) is 10.6. The summed E-state index contributed by atoms with van der Waals surface area (Å²) in [4.78, 5) is 11.8. The number of aliphatic hydroxyl groups is 1. The predicted molar refractivity (Wildman–Crippen MR) is 130 cm³/mol. The van der Waals surface area contributed by atoms with Crippen molar-refractivity contribution in [1.82, 2.24) is 0 Å². The van der Waals surface area contributed by atoms with Crippen molar-refractivity contribution in [2.75, 3.05) is 13.8 Å². The minimum atomic E-state index is -1.07. The first-order chi connectivity index (χ1) is 14.5. The largest absolute Gasteiger partial charge is 0.469 e. The number of ether oxygens (including phenoxy) is 1. The number of methoxy groups -OCH3 is 1. The monoisotopic (exact) mass is 548 g/mol. The van der Waals surface area contributed by atoms with Crippen molar-refractivity contribution in [2.24, 2.45) is 40.4 Å². The Hall–Kier alpha value is 0.0900. The summed E-state index contributed by atoms with van der Waals surface area (Å²) in [6, 6.07) is 0. The number of carbonyl (C=O) groups excluding carboxylic acids is 1. The molecular weight excluding hydrogens is 506 g/mol. The lowest BCUT2D eigenvalue weighted by Crippen LogP contribution is -2.58. The average Bonchev–Trinajstić information content (AvgIpc) is 3.04. The molecule has 4 saturated carbocycles. The van der Waals surface area contributed by atoms with E-state index in [1.807, 2.05) is 0 Å². The molecule has 0 heterocycles. The van der Waals surface area contributed by atoms with Gasteiger partial charge in [0.1, 0.15) is 6.67 Å². The van der Waals surface area contributed by atoms with Crippen molar-refractivity contribution in [2.45, 2.75) is 100 Å². The molecule has 0 aromatic carbocycles. The van der Waals surface area contributed by atoms with Gasteiger partial charge >= 0.3 is 5.97 Å². The Morgan fingerprint density at radius 1 is 1.13 bits per heavy atom. The van der Waals surface area contributed by atoms with Gasteiger partial charge in [0.15, 0.2) is 0 Å². The smallest absolute Gasteiger partial charge is 0.305 e. The van der Waals surface area contributed by atoms with Crippen LogP contribution in [-0.2, 0) is 9.53 Å². The normalized spacial score (nSPS) is 50.2. The standard InChI is InChI=1S/C26H42FIO3/c1-17(5-8-22(29)31-4)26(28)12-10-21-19-7-6-18-15-25(30,16-27)14-13-23(18,2)20(19)9-11-24(21,26)3/h17-21,30H,5-16H2,1-4H3/t17-,18-,19?,20?,21?,23+,24+,25+,26+/m1/s1. The first-order valence-corrected chi connectivity index (χ1v) is 13.6. The number of fused-ring (bicyclic) bond motifs is 5. The Kier molecular flexibility index (Phi) is 6.56. The Balaban J connectivity index is 1.52. The van der Waals surface area contributed by atoms with Gasteiger partial charge < -0.3 is 9.84 Å². The van der Waals surface area contributed by atoms with Gasteiger partial charge in [0.25, 0.3) is 0 Å². The van der Waals surface area contributed by atoms with Gasteiger partial charge in [0.05, 0.1) is 12.7 Å². The molecule has 0 aliphatic heterocycles. The van der Waals surface area contributed by atoms with E-state index in [4.69, 9.17) is 4.74 Å². The van der Waals surface area contributed by atoms with Crippen LogP contribution in [0, 0.1) is 40.4 Å². The first kappa shape index (κ1) is 24.2. The molecule has 0 spiro atoms. The maximum absolute atomic E-state index is 13.5. The first-order valence-electron chi connectivity index (χ1n) is 12.6. The number of alkyl halides is 2. The molecular formula is C26H42FIO3. The van der Waals surface area contributed by atoms with Gasteiger partial charge in [-0.3, -0.25) is 4.79 Å². The Bertz CT molecular complexity index is 702. The minimum Gasteiger partial charge on any atom is -0.469 e. The number of hydrogen-bond acceptors (Lipinski definition) is 3. The van der Waals surface area contributed by atoms with Crippen LogP contribution in [0.1, 0.15) is 91.4 Å². The molecule has 5 heteroatoms. The van der Waals surface area contributed by atoms with Crippen LogP contribution in [0.2, 0.25) is 0 Å². The third kappa shape index (κ3) is 3.70. The number of rotatable bonds is 5. The highest BCUT2D eigenvalue weighted by molar-refractivity contribution is 14.1. The quantitative estimate of drug-likeness (QED) is 0.243. The number of hydrogen-bond donors (Lipinski definition) is 1. The summed E-state index contributed by atoms with van der Waals surface area (Å²) in [6.45, 7) is 6.79. The fraction of sp³-hybridized carbons (Fsp3) is 0.962. The zero-order valence-corrected chi connectivity index (χ0v) is 22.0. The highest BCUT2D eigenvalue weighted by Gasteiger charge is 2.65. The second kappa shape index (κ2) is 8.39. The highest BCUT2D eigenvalue weighted by Crippen LogP contribution is 2.71. The molecule has 9 atom stereocenters. The molecule has 0 amide bonds. The molecule has 0 radical (unpaired) electrons. The Labute approximate surface area is 201 Å². The summed E-state index contributed by atoms with van der Waals surface area (Å²) >= 11 is 2.79. The van der Waals surface area contributed by atoms with E-state index in [2.05, 4.69) is 43.4 Å². The molecule has 0 saturated heterocycles. The minimum absolute atomic E-state index is 0.0907. The third-order valence-corrected chi connectivity index (χ3v) is 13.9. The van der Waals surface area contributed by atoms with Crippen LogP contribution >= 0.6 is 22.6 Å². The SMILES string of the molecule is COC(=O)CC[C@@H](C)[C@@]1(I)CCC2C3CC[C@@H]4C[C@](O)(CF)CC[C@]4(C)C3CC[C@@]21C. The fourth-order valence-electron chi connectivity index (χ4n) is 8.94. The van der Waals surface area contributed by atoms with Gasteiger partial charge in [-0.15, -0.1) is 0 Å². The lowest BCUT2D eigenvalue weighted by atomic mass is 9.43. The van der Waals surface area contributed by atoms with Crippen molar-refractivity contribution in [1.29, 1.82) is 0 Å². The van der Waals surface area contributed by atoms with Crippen molar-refractivity contribution < 1.29 is 19.0 Å². The molecule has 0 bridgehead atoms. The van der Waals surface area contributed by atoms with E-state index in [-0.39, 0.29) is 14.8 Å². The van der Waals surface area contributed by atoms with E-state index in [1.54, 1.807) is 0 Å². The maximum Gasteiger partial charge on any atom is 0.305 e. The van der Waals surface area contributed by atoms with Crippen LogP contribution in [0.25, 0.3) is 0 Å². The number of esters is 1. The fourth-order valence-corrected chi connectivity index (χ4v) is 10.2. The number of halogens is 2. The average molecular weight is 549 g/mol. The molecule has 1 N–H and O–H groups in total. The van der Waals surface area contributed by atoms with E-state index in [9.17, 15) is 14.3 Å². The van der Waals surface area contributed by atoms with Crippen LogP contribution in [0.5, 0.6) is 0 Å². The van der Waals surface area contributed by atoms with Crippen LogP contribution < -0.4 is 0 Å². The summed E-state index contributed by atoms with van der Waals surface area (Å²) in [5.74, 6) is 3.12. The highest BCUT2D eigenvalue weighted by atomic mass is 127. The molecule has 178 valence electrons. The molecule has 3 unspecified atom stereocenters. The zero-order valence-electron chi connectivity index (χ0n) is 19.9. The maximum atomic E-state index is 13.5. The van der Waals surface area contributed by atoms with Crippen LogP contribution in [0.3, 0.4) is 0 Å². The van der Waals surface area contributed by atoms with Crippen LogP contribution in [0.15, 0.2) is 0 Å². The summed E-state index contributed by atoms with van der Waals surface area (Å²) in [5.41, 5.74) is -0.486. The molecule has 4 aliphatic rings. The van der Waals surface area contributed by atoms with Gasteiger partial charge in [-0.2, -0.15) is 0 Å². The van der Waals surface area contributed by atoms with Crippen LogP contribution in [-0.4, -0.2) is 33.9 Å². The van der Waals surface area contributed by atoms with Gasteiger partial charge in [-0.05, 0) is 105 Å². The Morgan fingerprint density at radius 2 is 1.84 bits per heavy atom. The van der Waals surface area contributed by atoms with Gasteiger partial charge in [0.2, 0.25) is 0 Å². The van der Waals surface area contributed by atoms with Crippen molar-refractivity contribution in [3.8, 4) is 0 Å². The topological polar surface area (TPSA) is 46.5 Å². The summed E-state index contributed by atoms with van der Waals surface area (Å²) in [7, 11) is 1.48. The van der Waals surface area contributed by atoms with E-state index in [0.29, 0.717) is 36.5 Å². The van der Waals surface area contributed by atoms with Crippen molar-refractivity contribution >= 4 is 28.6 Å².